The van der Waals surface area contributed by atoms with Crippen molar-refractivity contribution in [2.45, 2.75) is 272 Å². The van der Waals surface area contributed by atoms with Gasteiger partial charge in [-0.1, -0.05) is 210 Å². The summed E-state index contributed by atoms with van der Waals surface area (Å²) in [4.78, 5) is 98.8. The Labute approximate surface area is 529 Å². The Morgan fingerprint density at radius 2 is 1.08 bits per heavy atom. The number of hydrogen-bond donors (Lipinski definition) is 3. The molecule has 0 bridgehead atoms. The van der Waals surface area contributed by atoms with Gasteiger partial charge in [-0.3, -0.25) is 38.4 Å². The Hall–Kier alpha value is -5.48. The Bertz CT molecular complexity index is 2100. The maximum Gasteiger partial charge on any atom is 0.317 e. The van der Waals surface area contributed by atoms with Gasteiger partial charge in [-0.05, 0) is 108 Å². The summed E-state index contributed by atoms with van der Waals surface area (Å²) in [5.41, 5.74) is 0. The second kappa shape index (κ2) is 54.5. The van der Waals surface area contributed by atoms with E-state index in [2.05, 4.69) is 38.2 Å². The van der Waals surface area contributed by atoms with Crippen LogP contribution >= 0.6 is 0 Å². The lowest BCUT2D eigenvalue weighted by atomic mass is 9.82. The zero-order valence-electron chi connectivity index (χ0n) is 54.8. The van der Waals surface area contributed by atoms with Crippen LogP contribution in [0.3, 0.4) is 0 Å². The summed E-state index contributed by atoms with van der Waals surface area (Å²) in [6, 6.07) is 0. The molecule has 3 N–H and O–H groups in total. The normalized spacial score (nSPS) is 16.2. The highest BCUT2D eigenvalue weighted by molar-refractivity contribution is 5.95. The van der Waals surface area contributed by atoms with Crippen LogP contribution in [0.2, 0.25) is 0 Å². The van der Waals surface area contributed by atoms with Gasteiger partial charge >= 0.3 is 41.8 Å². The zero-order valence-corrected chi connectivity index (χ0v) is 54.8. The standard InChI is InChI=1S/C72H116O16/c1-6-9-11-12-28-38-46-61(64(58(5)74)51-66(76)77)47-39-31-26-27-34-42-50-69(80)87-63(55-84-67(78)48-40-32-24-20-16-14-13-15-18-22-29-36-43-59(8-3)65-52-70(81)88-72(65)83)56-85-68(79)49-41-33-25-21-17-19-23-30-37-45-60(44-35-10-7-2)57(4)71(82)86-54-62(75)53-73/h13,15,22-23,29-30,36-37,39,43,45,47,57,59-65,73,75H,6-12,14,16-21,24-28,31-35,38,40-42,44,46,48-56H2,1-5H3,(H,76,77)/b15-13-,29-22-,30-23-,43-36+,45-37+,47-39+. The van der Waals surface area contributed by atoms with Crippen molar-refractivity contribution < 1.29 is 77.4 Å². The molecule has 0 spiro atoms. The molecule has 8 atom stereocenters. The van der Waals surface area contributed by atoms with E-state index in [-0.39, 0.29) is 87.3 Å². The van der Waals surface area contributed by atoms with Gasteiger partial charge < -0.3 is 39.0 Å². The summed E-state index contributed by atoms with van der Waals surface area (Å²) in [6.45, 7) is 8.50. The number of aliphatic hydroxyl groups excluding tert-OH is 2. The van der Waals surface area contributed by atoms with Crippen LogP contribution in [0.5, 0.6) is 0 Å². The molecule has 8 unspecified atom stereocenters. The van der Waals surface area contributed by atoms with Crippen molar-refractivity contribution in [2.75, 3.05) is 26.4 Å². The van der Waals surface area contributed by atoms with Crippen molar-refractivity contribution >= 4 is 47.6 Å². The van der Waals surface area contributed by atoms with Crippen LogP contribution in [-0.2, 0) is 62.0 Å². The molecule has 16 heteroatoms. The summed E-state index contributed by atoms with van der Waals surface area (Å²) >= 11 is 0. The average Bonchev–Trinajstić information content (AvgIpc) is 4.10. The number of Topliss-reactive ketones (excluding diaryl/α,β-unsaturated/α-hetero) is 1. The summed E-state index contributed by atoms with van der Waals surface area (Å²) in [5.74, 6) is -5.04. The van der Waals surface area contributed by atoms with Gasteiger partial charge in [0, 0.05) is 25.2 Å². The van der Waals surface area contributed by atoms with E-state index in [0.717, 1.165) is 154 Å². The highest BCUT2D eigenvalue weighted by atomic mass is 16.6. The molecule has 0 radical (unpaired) electrons. The van der Waals surface area contributed by atoms with Crippen molar-refractivity contribution in [1.29, 1.82) is 0 Å². The lowest BCUT2D eigenvalue weighted by Crippen LogP contribution is -2.30. The fourth-order valence-electron chi connectivity index (χ4n) is 10.6. The number of aliphatic carboxylic acids is 1. The van der Waals surface area contributed by atoms with Gasteiger partial charge in [0.2, 0.25) is 0 Å². The molecule has 1 aliphatic rings. The predicted molar refractivity (Wildman–Crippen MR) is 345 cm³/mol. The van der Waals surface area contributed by atoms with Crippen molar-refractivity contribution in [1.82, 2.24) is 0 Å². The Balaban J connectivity index is 2.63. The van der Waals surface area contributed by atoms with E-state index in [0.29, 0.717) is 19.3 Å². The highest BCUT2D eigenvalue weighted by Crippen LogP contribution is 2.29. The summed E-state index contributed by atoms with van der Waals surface area (Å²) in [5, 5.41) is 28.1. The largest absolute Gasteiger partial charge is 0.481 e. The van der Waals surface area contributed by atoms with Gasteiger partial charge in [-0.15, -0.1) is 0 Å². The fourth-order valence-corrected chi connectivity index (χ4v) is 10.6. The van der Waals surface area contributed by atoms with Crippen molar-refractivity contribution in [3.05, 3.63) is 72.9 Å². The van der Waals surface area contributed by atoms with Crippen LogP contribution in [0.15, 0.2) is 72.9 Å². The number of hydrogen-bond acceptors (Lipinski definition) is 15. The number of rotatable bonds is 57. The molecule has 500 valence electrons. The number of ether oxygens (including phenoxy) is 5. The topological polar surface area (TPSA) is 243 Å². The quantitative estimate of drug-likeness (QED) is 0.0128. The molecule has 88 heavy (non-hydrogen) atoms. The number of unbranched alkanes of at least 4 members (excludes halogenated alkanes) is 21. The zero-order chi connectivity index (χ0) is 64.8. The van der Waals surface area contributed by atoms with E-state index < -0.39 is 66.5 Å². The number of carbonyl (C=O) groups is 8. The lowest BCUT2D eigenvalue weighted by molar-refractivity contribution is -0.167. The number of carbonyl (C=O) groups excluding carboxylic acids is 7. The molecule has 1 aliphatic heterocycles. The summed E-state index contributed by atoms with van der Waals surface area (Å²) in [7, 11) is 0. The van der Waals surface area contributed by atoms with E-state index in [4.69, 9.17) is 28.8 Å². The molecule has 1 saturated heterocycles. The predicted octanol–water partition coefficient (Wildman–Crippen LogP) is 15.4. The minimum absolute atomic E-state index is 0.000775. The van der Waals surface area contributed by atoms with Gasteiger partial charge in [-0.2, -0.15) is 0 Å². The second-order valence-corrected chi connectivity index (χ2v) is 23.9. The van der Waals surface area contributed by atoms with Crippen LogP contribution < -0.4 is 0 Å². The third kappa shape index (κ3) is 43.2. The van der Waals surface area contributed by atoms with Gasteiger partial charge in [-0.25, -0.2) is 0 Å². The lowest BCUT2D eigenvalue weighted by Gasteiger charge is -2.21. The first-order chi connectivity index (χ1) is 42.6. The number of allylic oxidation sites excluding steroid dienone is 12. The number of cyclic esters (lactones) is 2. The van der Waals surface area contributed by atoms with Crippen molar-refractivity contribution in [3.8, 4) is 0 Å². The smallest absolute Gasteiger partial charge is 0.317 e. The second-order valence-electron chi connectivity index (χ2n) is 23.9. The molecule has 0 aromatic rings. The van der Waals surface area contributed by atoms with E-state index in [1.165, 1.54) is 26.2 Å². The van der Waals surface area contributed by atoms with Gasteiger partial charge in [0.1, 0.15) is 31.7 Å². The molecule has 1 heterocycles. The summed E-state index contributed by atoms with van der Waals surface area (Å²) < 4.78 is 26.8. The van der Waals surface area contributed by atoms with Gasteiger partial charge in [0.15, 0.2) is 6.10 Å². The molecule has 0 aromatic carbocycles. The van der Waals surface area contributed by atoms with Crippen molar-refractivity contribution in [3.63, 3.8) is 0 Å². The third-order valence-electron chi connectivity index (χ3n) is 16.2. The maximum absolute atomic E-state index is 13.1. The van der Waals surface area contributed by atoms with Crippen LogP contribution in [-0.4, -0.2) is 102 Å². The number of aliphatic hydroxyl groups is 2. The number of carboxylic acids is 1. The maximum atomic E-state index is 13.1. The van der Waals surface area contributed by atoms with Crippen LogP contribution in [0, 0.1) is 35.5 Å². The van der Waals surface area contributed by atoms with E-state index in [1.54, 1.807) is 0 Å². The van der Waals surface area contributed by atoms with Crippen LogP contribution in [0.1, 0.15) is 259 Å². The molecule has 16 nitrogen and oxygen atoms in total. The van der Waals surface area contributed by atoms with E-state index in [1.807, 2.05) is 62.5 Å². The number of ketones is 1. The van der Waals surface area contributed by atoms with E-state index >= 15 is 0 Å². The third-order valence-corrected chi connectivity index (χ3v) is 16.2. The molecule has 1 rings (SSSR count). The SMILES string of the molecule is CCCCCCCCC(/C=C/CCCCCCC(=O)OC(COC(=O)CCCCCCC/C=C\C=C\C(CCCCC)C(C)C(=O)OCC(O)CO)COC(=O)CCCCCCC/C=C\C/C=C\C=C\C(CC)C1CC(=O)OC1=O)C(CC(=O)O)C(C)=O. The monoisotopic (exact) mass is 1240 g/mol. The molecular weight excluding hydrogens is 1120 g/mol. The number of esters is 6. The fraction of sp³-hybridized carbons (Fsp3) is 0.722. The number of carboxylic acid groups (broad SMARTS) is 1. The Morgan fingerprint density at radius 3 is 1.65 bits per heavy atom. The Kier molecular flexibility index (Phi) is 49.8. The minimum atomic E-state index is -1.09. The molecule has 0 aromatic heterocycles. The van der Waals surface area contributed by atoms with E-state index in [9.17, 15) is 48.6 Å². The van der Waals surface area contributed by atoms with Crippen molar-refractivity contribution in [2.24, 2.45) is 35.5 Å². The molecule has 0 saturated carbocycles. The Morgan fingerprint density at radius 1 is 0.568 bits per heavy atom. The highest BCUT2D eigenvalue weighted by Gasteiger charge is 2.37. The van der Waals surface area contributed by atoms with Gasteiger partial charge in [0.25, 0.3) is 0 Å². The molecule has 0 amide bonds. The minimum Gasteiger partial charge on any atom is -0.481 e. The molecular formula is C72H116O16. The first-order valence-corrected chi connectivity index (χ1v) is 34.0. The average molecular weight is 1240 g/mol. The molecule has 1 fully saturated rings. The van der Waals surface area contributed by atoms with Crippen LogP contribution in [0.4, 0.5) is 0 Å². The summed E-state index contributed by atoms with van der Waals surface area (Å²) in [6.07, 6.45) is 50.8. The van der Waals surface area contributed by atoms with Crippen LogP contribution in [0.25, 0.3) is 0 Å². The van der Waals surface area contributed by atoms with Gasteiger partial charge in [0.05, 0.1) is 31.3 Å². The first-order valence-electron chi connectivity index (χ1n) is 34.0. The molecule has 0 aliphatic carbocycles. The first kappa shape index (κ1) is 80.5.